The average molecular weight is 296 g/mol. The smallest absolute Gasteiger partial charge is 0.0573 e. The summed E-state index contributed by atoms with van der Waals surface area (Å²) in [5.74, 6) is 0. The molecular formula is C18H24N4. The molecule has 0 unspecified atom stereocenters. The highest BCUT2D eigenvalue weighted by molar-refractivity contribution is 5.20. The molecule has 0 aromatic carbocycles. The Balaban J connectivity index is 2.14. The van der Waals surface area contributed by atoms with Crippen LogP contribution in [0.1, 0.15) is 22.5 Å². The fourth-order valence-corrected chi connectivity index (χ4v) is 2.30. The third kappa shape index (κ3) is 4.76. The molecule has 2 rings (SSSR count). The van der Waals surface area contributed by atoms with Crippen LogP contribution in [-0.2, 0) is 13.1 Å². The zero-order valence-electron chi connectivity index (χ0n) is 13.4. The van der Waals surface area contributed by atoms with Gasteiger partial charge in [-0.25, -0.2) is 0 Å². The Bertz CT molecular complexity index is 574. The molecule has 0 spiro atoms. The van der Waals surface area contributed by atoms with E-state index in [-0.39, 0.29) is 0 Å². The summed E-state index contributed by atoms with van der Waals surface area (Å²) in [5, 5.41) is 0. The lowest BCUT2D eigenvalue weighted by molar-refractivity contribution is 0.277. The second kappa shape index (κ2) is 8.41. The Morgan fingerprint density at radius 1 is 0.955 bits per heavy atom. The molecule has 4 heteroatoms. The molecule has 0 amide bonds. The molecule has 0 saturated heterocycles. The summed E-state index contributed by atoms with van der Waals surface area (Å²) in [5.41, 5.74) is 10.2. The zero-order chi connectivity index (χ0) is 15.8. The van der Waals surface area contributed by atoms with Crippen molar-refractivity contribution >= 4 is 0 Å². The molecule has 116 valence electrons. The van der Waals surface area contributed by atoms with E-state index in [1.165, 1.54) is 11.1 Å². The lowest BCUT2D eigenvalue weighted by Crippen LogP contribution is -2.25. The number of aromatic nitrogens is 2. The fourth-order valence-electron chi connectivity index (χ4n) is 2.30. The van der Waals surface area contributed by atoms with Crippen molar-refractivity contribution in [2.24, 2.45) is 5.73 Å². The molecule has 2 heterocycles. The first kappa shape index (κ1) is 16.3. The summed E-state index contributed by atoms with van der Waals surface area (Å²) in [6.07, 6.45) is 7.80. The molecule has 2 aromatic rings. The lowest BCUT2D eigenvalue weighted by Gasteiger charge is -2.21. The monoisotopic (exact) mass is 296 g/mol. The predicted molar refractivity (Wildman–Crippen MR) is 90.3 cm³/mol. The van der Waals surface area contributed by atoms with Gasteiger partial charge in [0.25, 0.3) is 0 Å². The third-order valence-corrected chi connectivity index (χ3v) is 3.65. The quantitative estimate of drug-likeness (QED) is 0.798. The van der Waals surface area contributed by atoms with E-state index in [9.17, 15) is 0 Å². The summed E-state index contributed by atoms with van der Waals surface area (Å²) >= 11 is 0. The normalized spacial score (nSPS) is 11.5. The maximum absolute atomic E-state index is 5.54. The van der Waals surface area contributed by atoms with Gasteiger partial charge in [-0.05, 0) is 37.1 Å². The maximum atomic E-state index is 5.54. The van der Waals surface area contributed by atoms with Crippen LogP contribution in [0.3, 0.4) is 0 Å². The van der Waals surface area contributed by atoms with Gasteiger partial charge in [-0.3, -0.25) is 14.9 Å². The molecule has 0 aliphatic carbocycles. The SMILES string of the molecule is Cc1cccnc1CN(CC=CCN)Cc1ncccc1C. The highest BCUT2D eigenvalue weighted by atomic mass is 15.1. The van der Waals surface area contributed by atoms with Crippen LogP contribution in [0, 0.1) is 13.8 Å². The van der Waals surface area contributed by atoms with Crippen LogP contribution in [0.2, 0.25) is 0 Å². The summed E-state index contributed by atoms with van der Waals surface area (Å²) in [4.78, 5) is 11.3. The van der Waals surface area contributed by atoms with E-state index in [1.807, 2.05) is 30.6 Å². The van der Waals surface area contributed by atoms with Gasteiger partial charge in [0.1, 0.15) is 0 Å². The molecule has 22 heavy (non-hydrogen) atoms. The number of pyridine rings is 2. The Kier molecular flexibility index (Phi) is 6.25. The van der Waals surface area contributed by atoms with Gasteiger partial charge in [0.05, 0.1) is 11.4 Å². The molecule has 4 nitrogen and oxygen atoms in total. The molecule has 0 radical (unpaired) electrons. The van der Waals surface area contributed by atoms with Crippen molar-refractivity contribution < 1.29 is 0 Å². The first-order valence-electron chi connectivity index (χ1n) is 7.59. The van der Waals surface area contributed by atoms with Crippen LogP contribution in [0.4, 0.5) is 0 Å². The molecule has 0 aliphatic heterocycles. The van der Waals surface area contributed by atoms with Crippen LogP contribution in [-0.4, -0.2) is 28.0 Å². The zero-order valence-corrected chi connectivity index (χ0v) is 13.4. The van der Waals surface area contributed by atoms with E-state index in [2.05, 4.69) is 46.9 Å². The number of hydrogen-bond donors (Lipinski definition) is 1. The highest BCUT2D eigenvalue weighted by Crippen LogP contribution is 2.12. The van der Waals surface area contributed by atoms with Crippen molar-refractivity contribution in [2.75, 3.05) is 13.1 Å². The first-order valence-corrected chi connectivity index (χ1v) is 7.59. The molecular weight excluding hydrogens is 272 g/mol. The summed E-state index contributed by atoms with van der Waals surface area (Å²) in [6, 6.07) is 8.14. The summed E-state index contributed by atoms with van der Waals surface area (Å²) < 4.78 is 0. The minimum Gasteiger partial charge on any atom is -0.327 e. The van der Waals surface area contributed by atoms with Crippen molar-refractivity contribution in [1.82, 2.24) is 14.9 Å². The number of nitrogens with zero attached hydrogens (tertiary/aromatic N) is 3. The van der Waals surface area contributed by atoms with Gasteiger partial charge in [0.2, 0.25) is 0 Å². The van der Waals surface area contributed by atoms with Crippen LogP contribution in [0.25, 0.3) is 0 Å². The van der Waals surface area contributed by atoms with Gasteiger partial charge >= 0.3 is 0 Å². The van der Waals surface area contributed by atoms with Crippen molar-refractivity contribution in [3.8, 4) is 0 Å². The maximum Gasteiger partial charge on any atom is 0.0573 e. The number of rotatable bonds is 7. The number of hydrogen-bond acceptors (Lipinski definition) is 4. The minimum absolute atomic E-state index is 0.569. The predicted octanol–water partition coefficient (Wildman–Crippen LogP) is 2.61. The van der Waals surface area contributed by atoms with Crippen molar-refractivity contribution in [2.45, 2.75) is 26.9 Å². The van der Waals surface area contributed by atoms with Crippen molar-refractivity contribution in [1.29, 1.82) is 0 Å². The van der Waals surface area contributed by atoms with Gasteiger partial charge in [-0.1, -0.05) is 24.3 Å². The second-order valence-electron chi connectivity index (χ2n) is 5.41. The largest absolute Gasteiger partial charge is 0.327 e. The first-order chi connectivity index (χ1) is 10.7. The van der Waals surface area contributed by atoms with E-state index in [0.29, 0.717) is 6.54 Å². The van der Waals surface area contributed by atoms with Crippen LogP contribution < -0.4 is 5.73 Å². The van der Waals surface area contributed by atoms with Crippen LogP contribution in [0.15, 0.2) is 48.8 Å². The van der Waals surface area contributed by atoms with Crippen LogP contribution >= 0.6 is 0 Å². The van der Waals surface area contributed by atoms with Gasteiger partial charge in [0.15, 0.2) is 0 Å². The molecule has 0 atom stereocenters. The average Bonchev–Trinajstić information content (AvgIpc) is 2.52. The number of aryl methyl sites for hydroxylation is 2. The Labute approximate surface area is 132 Å². The van der Waals surface area contributed by atoms with E-state index < -0.39 is 0 Å². The van der Waals surface area contributed by atoms with Gasteiger partial charge in [0, 0.05) is 38.6 Å². The second-order valence-corrected chi connectivity index (χ2v) is 5.41. The topological polar surface area (TPSA) is 55.0 Å². The lowest BCUT2D eigenvalue weighted by atomic mass is 10.1. The van der Waals surface area contributed by atoms with Crippen molar-refractivity contribution in [3.05, 3.63) is 71.3 Å². The van der Waals surface area contributed by atoms with Gasteiger partial charge < -0.3 is 5.73 Å². The minimum atomic E-state index is 0.569. The molecule has 0 aliphatic rings. The summed E-state index contributed by atoms with van der Waals surface area (Å²) in [7, 11) is 0. The van der Waals surface area contributed by atoms with E-state index in [0.717, 1.165) is 31.0 Å². The van der Waals surface area contributed by atoms with Gasteiger partial charge in [-0.2, -0.15) is 0 Å². The van der Waals surface area contributed by atoms with E-state index >= 15 is 0 Å². The fraction of sp³-hybridized carbons (Fsp3) is 0.333. The molecule has 2 N–H and O–H groups in total. The van der Waals surface area contributed by atoms with Gasteiger partial charge in [-0.15, -0.1) is 0 Å². The molecule has 0 bridgehead atoms. The molecule has 2 aromatic heterocycles. The van der Waals surface area contributed by atoms with Crippen LogP contribution in [0.5, 0.6) is 0 Å². The third-order valence-electron chi connectivity index (χ3n) is 3.65. The van der Waals surface area contributed by atoms with Crippen molar-refractivity contribution in [3.63, 3.8) is 0 Å². The van der Waals surface area contributed by atoms with E-state index in [1.54, 1.807) is 0 Å². The standard InChI is InChI=1S/C18H24N4/c1-15-7-5-10-20-17(15)13-22(12-4-3-9-19)14-18-16(2)8-6-11-21-18/h3-8,10-11H,9,12-14,19H2,1-2H3. The number of nitrogens with two attached hydrogens (primary N) is 1. The molecule has 0 saturated carbocycles. The van der Waals surface area contributed by atoms with E-state index in [4.69, 9.17) is 5.73 Å². The molecule has 0 fully saturated rings. The Hall–Kier alpha value is -2.04. The Morgan fingerprint density at radius 2 is 1.50 bits per heavy atom. The Morgan fingerprint density at radius 3 is 1.95 bits per heavy atom. The summed E-state index contributed by atoms with van der Waals surface area (Å²) in [6.45, 7) is 7.21. The highest BCUT2D eigenvalue weighted by Gasteiger charge is 2.10.